The fourth-order valence-electron chi connectivity index (χ4n) is 10.0. The van der Waals surface area contributed by atoms with E-state index in [1.165, 1.54) is 25.3 Å². The molecule has 11 nitrogen and oxygen atoms in total. The minimum absolute atomic E-state index is 0.0137. The third-order valence-electron chi connectivity index (χ3n) is 13.4. The molecule has 4 heterocycles. The first-order valence-corrected chi connectivity index (χ1v) is 22.7. The maximum absolute atomic E-state index is 13.9. The fourth-order valence-corrected chi connectivity index (χ4v) is 11.8. The molecular weight excluding hydrogens is 772 g/mol. The molecule has 0 atom stereocenters. The van der Waals surface area contributed by atoms with Crippen LogP contribution in [0.4, 0.5) is 5.69 Å². The molecule has 2 aliphatic heterocycles. The number of pyridine rings is 1. The Morgan fingerprint density at radius 3 is 2.47 bits per heavy atom. The number of anilines is 1. The molecule has 4 aromatic rings. The summed E-state index contributed by atoms with van der Waals surface area (Å²) in [4.78, 5) is 28.7. The van der Waals surface area contributed by atoms with Crippen LogP contribution in [-0.2, 0) is 10.0 Å². The molecule has 4 aliphatic carbocycles. The molecule has 2 N–H and O–H groups in total. The standard InChI is InChI=1S/C45H55ClN6O5S/c1-30-21-36(6-8-39(30)56-34-11-15-50(4)16-12-34)58(54,55)49-42(53)37-7-5-33(23-40(37)57-35-22-31-10-14-47-41(31)48-25-35)52-19-17-51(18-20-52)26-32-9-13-43(2,3)24-38(32)44-27-45(46,28-44)29-44/h5-8,10,14,21-23,25,34H,9,11-13,15-20,24,26-29H2,1-4H3,(H,47,48)(H,49,53). The number of sulfonamides is 1. The highest BCUT2D eigenvalue weighted by Crippen LogP contribution is 2.75. The number of benzene rings is 2. The molecule has 0 radical (unpaired) electrons. The smallest absolute Gasteiger partial charge is 0.268 e. The van der Waals surface area contributed by atoms with Gasteiger partial charge < -0.3 is 24.3 Å². The number of hydrogen-bond donors (Lipinski definition) is 2. The molecule has 5 fully saturated rings. The number of fused-ring (bicyclic) bond motifs is 1. The molecule has 58 heavy (non-hydrogen) atoms. The highest BCUT2D eigenvalue weighted by Gasteiger charge is 2.69. The van der Waals surface area contributed by atoms with Gasteiger partial charge >= 0.3 is 0 Å². The third-order valence-corrected chi connectivity index (χ3v) is 15.1. The number of alkyl halides is 1. The van der Waals surface area contributed by atoms with Crippen molar-refractivity contribution in [3.8, 4) is 17.2 Å². The lowest BCUT2D eigenvalue weighted by atomic mass is 9.39. The van der Waals surface area contributed by atoms with Gasteiger partial charge in [-0.05, 0) is 124 Å². The van der Waals surface area contributed by atoms with E-state index in [2.05, 4.69) is 50.3 Å². The molecule has 1 amide bonds. The number of aromatic amines is 1. The van der Waals surface area contributed by atoms with E-state index in [4.69, 9.17) is 21.1 Å². The van der Waals surface area contributed by atoms with Crippen molar-refractivity contribution >= 4 is 44.3 Å². The van der Waals surface area contributed by atoms with Crippen LogP contribution >= 0.6 is 11.6 Å². The van der Waals surface area contributed by atoms with Crippen LogP contribution < -0.4 is 19.1 Å². The van der Waals surface area contributed by atoms with Crippen molar-refractivity contribution in [1.29, 1.82) is 0 Å². The molecule has 3 saturated carbocycles. The number of piperazine rings is 1. The van der Waals surface area contributed by atoms with Crippen molar-refractivity contribution in [3.05, 3.63) is 83.2 Å². The average Bonchev–Trinajstić information content (AvgIpc) is 3.64. The number of H-pyrrole nitrogens is 1. The number of aryl methyl sites for hydroxylation is 1. The van der Waals surface area contributed by atoms with E-state index in [1.54, 1.807) is 41.7 Å². The summed E-state index contributed by atoms with van der Waals surface area (Å²) in [6, 6.07) is 13.8. The van der Waals surface area contributed by atoms with Gasteiger partial charge in [0.25, 0.3) is 15.9 Å². The molecule has 0 spiro atoms. The lowest BCUT2D eigenvalue weighted by Gasteiger charge is -2.70. The number of piperidine rings is 1. The van der Waals surface area contributed by atoms with E-state index in [0.29, 0.717) is 33.5 Å². The maximum Gasteiger partial charge on any atom is 0.268 e. The van der Waals surface area contributed by atoms with Crippen molar-refractivity contribution in [3.63, 3.8) is 0 Å². The van der Waals surface area contributed by atoms with Crippen LogP contribution in [-0.4, -0.2) is 97.9 Å². The Hall–Kier alpha value is -4.10. The average molecular weight is 827 g/mol. The van der Waals surface area contributed by atoms with Crippen LogP contribution in [0.2, 0.25) is 0 Å². The number of carbonyl (C=O) groups excluding carboxylic acids is 1. The summed E-state index contributed by atoms with van der Waals surface area (Å²) in [6.45, 7) is 13.0. The second-order valence-electron chi connectivity index (χ2n) is 18.5. The van der Waals surface area contributed by atoms with Crippen molar-refractivity contribution < 1.29 is 22.7 Å². The summed E-state index contributed by atoms with van der Waals surface area (Å²) in [5.74, 6) is 0.548. The molecule has 308 valence electrons. The SMILES string of the molecule is Cc1cc(S(=O)(=O)NC(=O)c2ccc(N3CCN(CC4=C(C56CC(Cl)(C5)C6)CC(C)(C)CC4)CC3)cc2Oc2cnc3[nH]ccc3c2)ccc1OC1CCN(C)CC1. The number of likely N-dealkylation sites (tertiary alicyclic amines) is 1. The van der Waals surface area contributed by atoms with Gasteiger partial charge in [-0.25, -0.2) is 18.1 Å². The molecule has 2 aromatic heterocycles. The topological polar surface area (TPSA) is 120 Å². The zero-order chi connectivity index (χ0) is 40.5. The number of hydrogen-bond acceptors (Lipinski definition) is 9. The van der Waals surface area contributed by atoms with Gasteiger partial charge in [-0.15, -0.1) is 11.6 Å². The summed E-state index contributed by atoms with van der Waals surface area (Å²) in [6.07, 6.45) is 12.3. The highest BCUT2D eigenvalue weighted by atomic mass is 35.5. The van der Waals surface area contributed by atoms with Crippen molar-refractivity contribution in [2.24, 2.45) is 10.8 Å². The molecule has 2 bridgehead atoms. The Labute approximate surface area is 347 Å². The molecule has 6 aliphatic rings. The van der Waals surface area contributed by atoms with Gasteiger partial charge in [-0.3, -0.25) is 9.69 Å². The maximum atomic E-state index is 13.9. The van der Waals surface area contributed by atoms with Crippen LogP contribution in [0.1, 0.15) is 81.1 Å². The van der Waals surface area contributed by atoms with Gasteiger partial charge in [0, 0.05) is 74.0 Å². The molecular formula is C45H55ClN6O5S. The summed E-state index contributed by atoms with van der Waals surface area (Å²) in [5.41, 5.74) is 6.46. The van der Waals surface area contributed by atoms with E-state index in [1.807, 2.05) is 31.2 Å². The van der Waals surface area contributed by atoms with Gasteiger partial charge in [-0.2, -0.15) is 0 Å². The van der Waals surface area contributed by atoms with Crippen LogP contribution in [0.15, 0.2) is 77.0 Å². The Bertz CT molecular complexity index is 2360. The predicted molar refractivity (Wildman–Crippen MR) is 228 cm³/mol. The number of halogens is 1. The van der Waals surface area contributed by atoms with Crippen molar-refractivity contribution in [1.82, 2.24) is 24.5 Å². The van der Waals surface area contributed by atoms with E-state index in [9.17, 15) is 13.2 Å². The zero-order valence-electron chi connectivity index (χ0n) is 34.1. The van der Waals surface area contributed by atoms with E-state index in [-0.39, 0.29) is 27.2 Å². The number of nitrogens with zero attached hydrogens (tertiary/aromatic N) is 4. The number of allylic oxidation sites excluding steroid dienone is 1. The fraction of sp³-hybridized carbons (Fsp3) is 0.511. The summed E-state index contributed by atoms with van der Waals surface area (Å²) < 4.78 is 42.3. The highest BCUT2D eigenvalue weighted by molar-refractivity contribution is 7.90. The van der Waals surface area contributed by atoms with Crippen molar-refractivity contribution in [2.75, 3.05) is 57.8 Å². The first-order valence-electron chi connectivity index (χ1n) is 20.8. The normalized spacial score (nSPS) is 25.3. The third kappa shape index (κ3) is 7.85. The monoisotopic (exact) mass is 826 g/mol. The Morgan fingerprint density at radius 1 is 0.983 bits per heavy atom. The molecule has 2 aromatic carbocycles. The summed E-state index contributed by atoms with van der Waals surface area (Å²) >= 11 is 6.75. The Morgan fingerprint density at radius 2 is 1.74 bits per heavy atom. The molecule has 10 rings (SSSR count). The minimum Gasteiger partial charge on any atom is -0.490 e. The van der Waals surface area contributed by atoms with Crippen LogP contribution in [0.3, 0.4) is 0 Å². The first-order chi connectivity index (χ1) is 27.6. The Balaban J connectivity index is 0.913. The quantitative estimate of drug-likeness (QED) is 0.114. The molecule has 0 unspecified atom stereocenters. The van der Waals surface area contributed by atoms with Crippen LogP contribution in [0.25, 0.3) is 11.0 Å². The predicted octanol–water partition coefficient (Wildman–Crippen LogP) is 8.05. The minimum atomic E-state index is -4.23. The summed E-state index contributed by atoms with van der Waals surface area (Å²) in [5, 5.41) is 0.855. The number of carbonyl (C=O) groups is 1. The van der Waals surface area contributed by atoms with Gasteiger partial charge in [0.15, 0.2) is 0 Å². The number of rotatable bonds is 11. The van der Waals surface area contributed by atoms with Crippen LogP contribution in [0, 0.1) is 17.8 Å². The number of ether oxygens (including phenoxy) is 2. The first kappa shape index (κ1) is 39.4. The molecule has 2 saturated heterocycles. The van der Waals surface area contributed by atoms with Gasteiger partial charge in [0.2, 0.25) is 0 Å². The van der Waals surface area contributed by atoms with Crippen LogP contribution in [0.5, 0.6) is 17.2 Å². The second-order valence-corrected chi connectivity index (χ2v) is 21.0. The van der Waals surface area contributed by atoms with Gasteiger partial charge in [0.1, 0.15) is 29.0 Å². The summed E-state index contributed by atoms with van der Waals surface area (Å²) in [7, 11) is -2.13. The molecule has 13 heteroatoms. The van der Waals surface area contributed by atoms with Gasteiger partial charge in [0.05, 0.1) is 16.7 Å². The number of aromatic nitrogens is 2. The second kappa shape index (κ2) is 14.9. The largest absolute Gasteiger partial charge is 0.490 e. The Kier molecular flexibility index (Phi) is 10.1. The van der Waals surface area contributed by atoms with E-state index in [0.717, 1.165) is 89.0 Å². The zero-order valence-corrected chi connectivity index (χ0v) is 35.6. The van der Waals surface area contributed by atoms with Gasteiger partial charge in [-0.1, -0.05) is 25.0 Å². The van der Waals surface area contributed by atoms with E-state index >= 15 is 0 Å². The lowest BCUT2D eigenvalue weighted by molar-refractivity contribution is -0.0535. The van der Waals surface area contributed by atoms with E-state index < -0.39 is 15.9 Å². The lowest BCUT2D eigenvalue weighted by Crippen LogP contribution is -2.65. The number of amides is 1. The number of nitrogens with one attached hydrogen (secondary N) is 2. The van der Waals surface area contributed by atoms with Crippen molar-refractivity contribution in [2.45, 2.75) is 88.0 Å².